The number of aromatic nitrogens is 6. The van der Waals surface area contributed by atoms with Gasteiger partial charge in [-0.2, -0.15) is 20.4 Å². The van der Waals surface area contributed by atoms with Crippen molar-refractivity contribution in [2.45, 2.75) is 0 Å². The van der Waals surface area contributed by atoms with Crippen LogP contribution in [0.5, 0.6) is 0 Å². The fourth-order valence-corrected chi connectivity index (χ4v) is 1.77. The van der Waals surface area contributed by atoms with E-state index in [1.54, 1.807) is 18.2 Å². The number of rotatable bonds is 3. The molecule has 0 saturated heterocycles. The molecule has 2 heterocycles. The predicted octanol–water partition coefficient (Wildman–Crippen LogP) is -0.0531. The Morgan fingerprint density at radius 2 is 1.53 bits per heavy atom. The molecule has 1 aromatic carbocycles. The van der Waals surface area contributed by atoms with Crippen molar-refractivity contribution < 1.29 is 4.79 Å². The number of hydrogen-bond donors (Lipinski definition) is 1. The summed E-state index contributed by atoms with van der Waals surface area (Å²) in [5, 5.41) is 16.1. The van der Waals surface area contributed by atoms with Crippen LogP contribution < -0.4 is 5.73 Å². The Morgan fingerprint density at radius 1 is 0.947 bits per heavy atom. The van der Waals surface area contributed by atoms with Crippen LogP contribution in [0.25, 0.3) is 11.4 Å². The largest absolute Gasteiger partial charge is 0.366 e. The van der Waals surface area contributed by atoms with Crippen LogP contribution in [0.15, 0.2) is 43.0 Å². The Kier molecular flexibility index (Phi) is 2.53. The number of para-hydroxylation sites is 1. The molecule has 2 aromatic heterocycles. The minimum Gasteiger partial charge on any atom is -0.366 e. The molecule has 3 aromatic rings. The second kappa shape index (κ2) is 4.33. The maximum Gasteiger partial charge on any atom is 0.251 e. The Morgan fingerprint density at radius 3 is 2.11 bits per heavy atom. The summed E-state index contributed by atoms with van der Waals surface area (Å²) >= 11 is 0. The van der Waals surface area contributed by atoms with Gasteiger partial charge in [-0.05, 0) is 12.1 Å². The predicted molar refractivity (Wildman–Crippen MR) is 64.8 cm³/mol. The van der Waals surface area contributed by atoms with Gasteiger partial charge in [-0.3, -0.25) is 4.79 Å². The Hall–Kier alpha value is -3.03. The number of amides is 1. The summed E-state index contributed by atoms with van der Waals surface area (Å²) in [6.07, 6.45) is 6.10. The van der Waals surface area contributed by atoms with Gasteiger partial charge >= 0.3 is 0 Å². The van der Waals surface area contributed by atoms with E-state index in [2.05, 4.69) is 20.4 Å². The lowest BCUT2D eigenvalue weighted by Gasteiger charge is -2.10. The highest BCUT2D eigenvalue weighted by atomic mass is 16.1. The SMILES string of the molecule is NC(=O)c1cccc(-n2nccn2)c1-n1nccn1. The Labute approximate surface area is 107 Å². The van der Waals surface area contributed by atoms with E-state index in [-0.39, 0.29) is 0 Å². The zero-order valence-electron chi connectivity index (χ0n) is 9.71. The molecule has 0 unspecified atom stereocenters. The molecule has 0 radical (unpaired) electrons. The summed E-state index contributed by atoms with van der Waals surface area (Å²) in [6, 6.07) is 5.06. The molecule has 94 valence electrons. The van der Waals surface area contributed by atoms with E-state index in [1.807, 2.05) is 0 Å². The number of nitrogens with zero attached hydrogens (tertiary/aromatic N) is 6. The van der Waals surface area contributed by atoms with Crippen molar-refractivity contribution in [2.24, 2.45) is 5.73 Å². The number of benzene rings is 1. The van der Waals surface area contributed by atoms with Gasteiger partial charge in [-0.1, -0.05) is 6.07 Å². The molecule has 1 amide bonds. The van der Waals surface area contributed by atoms with Crippen molar-refractivity contribution in [3.8, 4) is 11.4 Å². The quantitative estimate of drug-likeness (QED) is 0.706. The van der Waals surface area contributed by atoms with E-state index in [1.165, 1.54) is 34.4 Å². The van der Waals surface area contributed by atoms with Gasteiger partial charge in [0, 0.05) is 0 Å². The lowest BCUT2D eigenvalue weighted by Crippen LogP contribution is -2.18. The van der Waals surface area contributed by atoms with Crippen molar-refractivity contribution in [1.29, 1.82) is 0 Å². The van der Waals surface area contributed by atoms with E-state index in [4.69, 9.17) is 5.73 Å². The molecule has 0 fully saturated rings. The zero-order chi connectivity index (χ0) is 13.2. The molecule has 0 aliphatic rings. The van der Waals surface area contributed by atoms with Crippen molar-refractivity contribution in [3.63, 3.8) is 0 Å². The molecule has 0 aliphatic carbocycles. The van der Waals surface area contributed by atoms with Crippen LogP contribution in [0.4, 0.5) is 0 Å². The van der Waals surface area contributed by atoms with Gasteiger partial charge in [0.05, 0.1) is 30.4 Å². The molecule has 8 heteroatoms. The van der Waals surface area contributed by atoms with E-state index >= 15 is 0 Å². The van der Waals surface area contributed by atoms with Crippen molar-refractivity contribution >= 4 is 5.91 Å². The second-order valence-corrected chi connectivity index (χ2v) is 3.67. The monoisotopic (exact) mass is 255 g/mol. The Balaban J connectivity index is 2.31. The summed E-state index contributed by atoms with van der Waals surface area (Å²) < 4.78 is 0. The lowest BCUT2D eigenvalue weighted by molar-refractivity contribution is 0.1000. The van der Waals surface area contributed by atoms with Gasteiger partial charge in [-0.15, -0.1) is 9.59 Å². The molecule has 0 spiro atoms. The van der Waals surface area contributed by atoms with Gasteiger partial charge in [0.2, 0.25) is 0 Å². The summed E-state index contributed by atoms with van der Waals surface area (Å²) in [4.78, 5) is 14.2. The summed E-state index contributed by atoms with van der Waals surface area (Å²) in [5.74, 6) is -0.568. The van der Waals surface area contributed by atoms with Crippen LogP contribution in [-0.4, -0.2) is 35.9 Å². The molecule has 19 heavy (non-hydrogen) atoms. The lowest BCUT2D eigenvalue weighted by atomic mass is 10.1. The smallest absolute Gasteiger partial charge is 0.251 e. The molecule has 0 saturated carbocycles. The third-order valence-corrected chi connectivity index (χ3v) is 2.53. The number of carbonyl (C=O) groups is 1. The van der Waals surface area contributed by atoms with E-state index in [0.29, 0.717) is 16.9 Å². The summed E-state index contributed by atoms with van der Waals surface area (Å²) in [7, 11) is 0. The standard InChI is InChI=1S/C11H9N7O/c12-11(19)8-2-1-3-9(17-13-4-5-14-17)10(8)18-15-6-7-16-18/h1-7H,(H2,12,19). The maximum absolute atomic E-state index is 11.5. The van der Waals surface area contributed by atoms with Crippen LogP contribution >= 0.6 is 0 Å². The molecule has 2 N–H and O–H groups in total. The first-order valence-corrected chi connectivity index (χ1v) is 5.43. The van der Waals surface area contributed by atoms with Crippen LogP contribution in [0, 0.1) is 0 Å². The first kappa shape index (κ1) is 11.1. The fraction of sp³-hybridized carbons (Fsp3) is 0. The molecule has 3 rings (SSSR count). The van der Waals surface area contributed by atoms with Crippen molar-refractivity contribution in [2.75, 3.05) is 0 Å². The van der Waals surface area contributed by atoms with Crippen LogP contribution in [0.3, 0.4) is 0 Å². The second-order valence-electron chi connectivity index (χ2n) is 3.67. The van der Waals surface area contributed by atoms with E-state index in [0.717, 1.165) is 0 Å². The van der Waals surface area contributed by atoms with Crippen molar-refractivity contribution in [1.82, 2.24) is 30.0 Å². The van der Waals surface area contributed by atoms with Gasteiger partial charge in [0.25, 0.3) is 5.91 Å². The third kappa shape index (κ3) is 1.84. The molecule has 0 bridgehead atoms. The van der Waals surface area contributed by atoms with E-state index in [9.17, 15) is 4.79 Å². The number of primary amides is 1. The molecule has 0 aliphatic heterocycles. The highest BCUT2D eigenvalue weighted by Crippen LogP contribution is 2.20. The van der Waals surface area contributed by atoms with Gasteiger partial charge in [0.1, 0.15) is 11.4 Å². The highest BCUT2D eigenvalue weighted by Gasteiger charge is 2.17. The first-order valence-electron chi connectivity index (χ1n) is 5.43. The number of nitrogens with two attached hydrogens (primary N) is 1. The molecular weight excluding hydrogens is 246 g/mol. The zero-order valence-corrected chi connectivity index (χ0v) is 9.71. The van der Waals surface area contributed by atoms with Crippen LogP contribution in [0.2, 0.25) is 0 Å². The third-order valence-electron chi connectivity index (χ3n) is 2.53. The minimum absolute atomic E-state index is 0.297. The van der Waals surface area contributed by atoms with Gasteiger partial charge in [0.15, 0.2) is 0 Å². The van der Waals surface area contributed by atoms with Gasteiger partial charge in [-0.25, -0.2) is 0 Å². The van der Waals surface area contributed by atoms with E-state index < -0.39 is 5.91 Å². The topological polar surface area (TPSA) is 105 Å². The van der Waals surface area contributed by atoms with Crippen molar-refractivity contribution in [3.05, 3.63) is 48.5 Å². The summed E-state index contributed by atoms with van der Waals surface area (Å²) in [5.41, 5.74) is 6.69. The van der Waals surface area contributed by atoms with Crippen LogP contribution in [0.1, 0.15) is 10.4 Å². The summed E-state index contributed by atoms with van der Waals surface area (Å²) in [6.45, 7) is 0. The highest BCUT2D eigenvalue weighted by molar-refractivity contribution is 5.97. The molecule has 0 atom stereocenters. The number of carbonyl (C=O) groups excluding carboxylic acids is 1. The molecular formula is C11H9N7O. The first-order chi connectivity index (χ1) is 9.27. The van der Waals surface area contributed by atoms with Crippen LogP contribution in [-0.2, 0) is 0 Å². The van der Waals surface area contributed by atoms with Gasteiger partial charge < -0.3 is 5.73 Å². The normalized spacial score (nSPS) is 10.5. The average molecular weight is 255 g/mol. The Bertz CT molecular complexity index is 703. The minimum atomic E-state index is -0.568. The fourth-order valence-electron chi connectivity index (χ4n) is 1.77. The number of hydrogen-bond acceptors (Lipinski definition) is 5. The maximum atomic E-state index is 11.5. The molecule has 8 nitrogen and oxygen atoms in total. The average Bonchev–Trinajstić information content (AvgIpc) is 3.11.